The number of rotatable bonds is 8. The van der Waals surface area contributed by atoms with Gasteiger partial charge in [-0.25, -0.2) is 9.59 Å². The number of hydrogen-bond donors (Lipinski definition) is 0. The molecule has 174 valence electrons. The van der Waals surface area contributed by atoms with Gasteiger partial charge in [-0.2, -0.15) is 0 Å². The molecule has 1 aromatic rings. The molecule has 0 fully saturated rings. The molecule has 0 bridgehead atoms. The van der Waals surface area contributed by atoms with Crippen LogP contribution < -0.4 is 0 Å². The van der Waals surface area contributed by atoms with Crippen LogP contribution in [0.3, 0.4) is 0 Å². The monoisotopic (exact) mass is 448 g/mol. The van der Waals surface area contributed by atoms with E-state index in [9.17, 15) is 14.4 Å². The van der Waals surface area contributed by atoms with Crippen LogP contribution in [0.2, 0.25) is 0 Å². The third-order valence-corrected chi connectivity index (χ3v) is 4.91. The van der Waals surface area contributed by atoms with Gasteiger partial charge < -0.3 is 28.6 Å². The molecule has 0 unspecified atom stereocenters. The third kappa shape index (κ3) is 6.22. The highest BCUT2D eigenvalue weighted by Crippen LogP contribution is 2.39. The zero-order valence-corrected chi connectivity index (χ0v) is 18.9. The van der Waals surface area contributed by atoms with Crippen molar-refractivity contribution in [2.45, 2.75) is 33.6 Å². The normalized spacial score (nSPS) is 14.2. The first-order valence-electron chi connectivity index (χ1n) is 10.1. The lowest BCUT2D eigenvalue weighted by atomic mass is 9.91. The number of pyridine rings is 1. The minimum atomic E-state index is -0.932. The van der Waals surface area contributed by atoms with Gasteiger partial charge >= 0.3 is 18.3 Å². The number of carbonyl (C=O) groups excluding carboxylic acids is 3. The molecule has 10 nitrogen and oxygen atoms in total. The molecule has 0 spiro atoms. The number of nitrogens with zero attached hydrogens (tertiary/aromatic N) is 2. The highest BCUT2D eigenvalue weighted by Gasteiger charge is 2.37. The molecule has 1 aromatic heterocycles. The Morgan fingerprint density at radius 3 is 2.09 bits per heavy atom. The fraction of sp³-hybridized carbons (Fsp3) is 0.455. The molecule has 0 saturated heterocycles. The van der Waals surface area contributed by atoms with E-state index in [1.54, 1.807) is 38.1 Å². The van der Waals surface area contributed by atoms with E-state index in [0.717, 1.165) is 5.56 Å². The standard InChI is InChI=1S/C22H28N2O8/c1-6-30-18(25)13-24-14(2)19(31-21(26)28-4)17(10-9-16-8-7-11-23-12-16)20(15(24)3)32-22(27)29-5/h7-8,11-12,17H,6,9-10,13H2,1-5H3. The van der Waals surface area contributed by atoms with Crippen LogP contribution in [0.15, 0.2) is 47.4 Å². The summed E-state index contributed by atoms with van der Waals surface area (Å²) in [5.74, 6) is -0.703. The van der Waals surface area contributed by atoms with Gasteiger partial charge in [-0.05, 0) is 45.2 Å². The minimum absolute atomic E-state index is 0.164. The second-order valence-electron chi connectivity index (χ2n) is 6.86. The van der Waals surface area contributed by atoms with Crippen molar-refractivity contribution in [2.75, 3.05) is 27.4 Å². The van der Waals surface area contributed by atoms with Crippen LogP contribution >= 0.6 is 0 Å². The van der Waals surface area contributed by atoms with Crippen molar-refractivity contribution in [1.82, 2.24) is 9.88 Å². The molecular formula is C22H28N2O8. The molecule has 0 N–H and O–H groups in total. The van der Waals surface area contributed by atoms with Crippen LogP contribution in [0, 0.1) is 5.92 Å². The Bertz CT molecular complexity index is 852. The van der Waals surface area contributed by atoms with Crippen LogP contribution in [0.1, 0.15) is 32.8 Å². The van der Waals surface area contributed by atoms with Crippen LogP contribution in [-0.4, -0.2) is 55.5 Å². The fourth-order valence-electron chi connectivity index (χ4n) is 3.39. The first-order chi connectivity index (χ1) is 15.3. The summed E-state index contributed by atoms with van der Waals surface area (Å²) in [7, 11) is 2.38. The highest BCUT2D eigenvalue weighted by atomic mass is 16.7. The molecule has 0 radical (unpaired) electrons. The van der Waals surface area contributed by atoms with Crippen LogP contribution in [0.4, 0.5) is 9.59 Å². The SMILES string of the molecule is CCOC(=O)CN1C(C)=C(OC(=O)OC)C(CCc2cccnc2)C(OC(=O)OC)=C1C. The predicted octanol–water partition coefficient (Wildman–Crippen LogP) is 3.54. The maximum absolute atomic E-state index is 12.2. The molecule has 0 aromatic carbocycles. The smallest absolute Gasteiger partial charge is 0.465 e. The van der Waals surface area contributed by atoms with Crippen molar-refractivity contribution in [2.24, 2.45) is 5.92 Å². The van der Waals surface area contributed by atoms with Gasteiger partial charge in [-0.15, -0.1) is 0 Å². The van der Waals surface area contributed by atoms with Crippen molar-refractivity contribution in [3.63, 3.8) is 0 Å². The van der Waals surface area contributed by atoms with Crippen LogP contribution in [0.25, 0.3) is 0 Å². The lowest BCUT2D eigenvalue weighted by molar-refractivity contribution is -0.143. The van der Waals surface area contributed by atoms with E-state index in [4.69, 9.17) is 14.2 Å². The van der Waals surface area contributed by atoms with Gasteiger partial charge in [-0.1, -0.05) is 6.07 Å². The molecule has 0 atom stereocenters. The average molecular weight is 448 g/mol. The number of hydrogen-bond acceptors (Lipinski definition) is 10. The van der Waals surface area contributed by atoms with E-state index in [2.05, 4.69) is 14.5 Å². The molecule has 0 amide bonds. The summed E-state index contributed by atoms with van der Waals surface area (Å²) in [5, 5.41) is 0. The number of methoxy groups -OCH3 is 2. The van der Waals surface area contributed by atoms with E-state index in [1.165, 1.54) is 14.2 Å². The van der Waals surface area contributed by atoms with Gasteiger partial charge in [0.2, 0.25) is 0 Å². The second-order valence-corrected chi connectivity index (χ2v) is 6.86. The van der Waals surface area contributed by atoms with Crippen LogP contribution in [0.5, 0.6) is 0 Å². The van der Waals surface area contributed by atoms with Gasteiger partial charge in [0.05, 0.1) is 38.1 Å². The Labute approximate surface area is 186 Å². The van der Waals surface area contributed by atoms with Gasteiger partial charge in [0, 0.05) is 12.4 Å². The molecule has 0 saturated carbocycles. The van der Waals surface area contributed by atoms with Crippen LogP contribution in [-0.2, 0) is 34.9 Å². The third-order valence-electron chi connectivity index (χ3n) is 4.91. The van der Waals surface area contributed by atoms with Crippen molar-refractivity contribution < 1.29 is 38.1 Å². The van der Waals surface area contributed by atoms with Gasteiger partial charge in [0.25, 0.3) is 0 Å². The number of allylic oxidation sites excluding steroid dienone is 2. The molecule has 0 aliphatic carbocycles. The average Bonchev–Trinajstić information content (AvgIpc) is 2.79. The predicted molar refractivity (Wildman–Crippen MR) is 112 cm³/mol. The summed E-state index contributed by atoms with van der Waals surface area (Å²) in [6, 6.07) is 3.73. The number of aryl methyl sites for hydroxylation is 1. The first-order valence-corrected chi connectivity index (χ1v) is 10.1. The quantitative estimate of drug-likeness (QED) is 0.432. The maximum Gasteiger partial charge on any atom is 0.513 e. The summed E-state index contributed by atoms with van der Waals surface area (Å²) in [6.45, 7) is 5.15. The summed E-state index contributed by atoms with van der Waals surface area (Å²) >= 11 is 0. The number of ether oxygens (including phenoxy) is 5. The van der Waals surface area contributed by atoms with Gasteiger partial charge in [0.1, 0.15) is 18.1 Å². The van der Waals surface area contributed by atoms with E-state index < -0.39 is 24.2 Å². The van der Waals surface area contributed by atoms with Crippen molar-refractivity contribution in [1.29, 1.82) is 0 Å². The molecular weight excluding hydrogens is 420 g/mol. The second kappa shape index (κ2) is 11.7. The Balaban J connectivity index is 2.49. The molecule has 2 heterocycles. The van der Waals surface area contributed by atoms with Crippen molar-refractivity contribution >= 4 is 18.3 Å². The number of esters is 1. The summed E-state index contributed by atoms with van der Waals surface area (Å²) in [4.78, 5) is 41.8. The zero-order chi connectivity index (χ0) is 23.7. The molecule has 10 heteroatoms. The Hall–Kier alpha value is -3.56. The van der Waals surface area contributed by atoms with Gasteiger partial charge in [0.15, 0.2) is 0 Å². The summed E-state index contributed by atoms with van der Waals surface area (Å²) in [5.41, 5.74) is 1.94. The largest absolute Gasteiger partial charge is 0.513 e. The molecule has 1 aliphatic heterocycles. The summed E-state index contributed by atoms with van der Waals surface area (Å²) in [6.07, 6.45) is 2.51. The minimum Gasteiger partial charge on any atom is -0.465 e. The summed E-state index contributed by atoms with van der Waals surface area (Å²) < 4.78 is 25.3. The molecule has 2 rings (SSSR count). The fourth-order valence-corrected chi connectivity index (χ4v) is 3.39. The number of carbonyl (C=O) groups is 3. The van der Waals surface area contributed by atoms with Crippen molar-refractivity contribution in [3.8, 4) is 0 Å². The topological polar surface area (TPSA) is 113 Å². The number of aromatic nitrogens is 1. The maximum atomic E-state index is 12.2. The van der Waals surface area contributed by atoms with Gasteiger partial charge in [-0.3, -0.25) is 9.78 Å². The Kier molecular flexibility index (Phi) is 9.06. The Morgan fingerprint density at radius 2 is 1.62 bits per heavy atom. The van der Waals surface area contributed by atoms with E-state index in [0.29, 0.717) is 24.2 Å². The molecule has 1 aliphatic rings. The molecule has 32 heavy (non-hydrogen) atoms. The van der Waals surface area contributed by atoms with Crippen molar-refractivity contribution in [3.05, 3.63) is 53.0 Å². The highest BCUT2D eigenvalue weighted by molar-refractivity contribution is 5.72. The van der Waals surface area contributed by atoms with E-state index in [1.807, 2.05) is 12.1 Å². The lowest BCUT2D eigenvalue weighted by Gasteiger charge is -2.36. The van der Waals surface area contributed by atoms with E-state index in [-0.39, 0.29) is 24.7 Å². The lowest BCUT2D eigenvalue weighted by Crippen LogP contribution is -2.37. The Morgan fingerprint density at radius 1 is 1.03 bits per heavy atom. The first kappa shape index (κ1) is 24.7. The van der Waals surface area contributed by atoms with E-state index >= 15 is 0 Å². The zero-order valence-electron chi connectivity index (χ0n) is 18.9.